The van der Waals surface area contributed by atoms with Crippen LogP contribution in [-0.2, 0) is 22.5 Å². The lowest BCUT2D eigenvalue weighted by Crippen LogP contribution is -2.37. The van der Waals surface area contributed by atoms with Crippen LogP contribution in [0.2, 0.25) is 0 Å². The minimum Gasteiger partial charge on any atom is -0.376 e. The van der Waals surface area contributed by atoms with E-state index < -0.39 is 0 Å². The predicted octanol–water partition coefficient (Wildman–Crippen LogP) is 3.86. The van der Waals surface area contributed by atoms with E-state index >= 15 is 0 Å². The maximum atomic E-state index is 13.0. The number of aromatic nitrogens is 1. The zero-order chi connectivity index (χ0) is 21.3. The average molecular weight is 407 g/mol. The van der Waals surface area contributed by atoms with E-state index in [4.69, 9.17) is 4.74 Å². The molecule has 1 aromatic carbocycles. The average Bonchev–Trinajstić information content (AvgIpc) is 3.31. The normalized spacial score (nSPS) is 18.2. The molecule has 0 bridgehead atoms. The van der Waals surface area contributed by atoms with E-state index in [0.29, 0.717) is 17.9 Å². The smallest absolute Gasteiger partial charge is 0.245 e. The van der Waals surface area contributed by atoms with Crippen molar-refractivity contribution < 1.29 is 9.53 Å². The van der Waals surface area contributed by atoms with Gasteiger partial charge in [0.2, 0.25) is 5.91 Å². The lowest BCUT2D eigenvalue weighted by Gasteiger charge is -2.31. The Balaban J connectivity index is 1.55. The number of benzene rings is 1. The lowest BCUT2D eigenvalue weighted by molar-refractivity contribution is -0.115. The highest BCUT2D eigenvalue weighted by molar-refractivity contribution is 5.95. The summed E-state index contributed by atoms with van der Waals surface area (Å²) in [6.45, 7) is 8.64. The third-order valence-corrected chi connectivity index (χ3v) is 6.39. The number of carbonyl (C=O) groups is 1. The number of rotatable bonds is 5. The summed E-state index contributed by atoms with van der Waals surface area (Å²) in [6, 6.07) is 8.72. The Morgan fingerprint density at radius 3 is 2.87 bits per heavy atom. The highest BCUT2D eigenvalue weighted by Crippen LogP contribution is 2.30. The number of ether oxygens (including phenoxy) is 1. The molecule has 1 fully saturated rings. The van der Waals surface area contributed by atoms with Crippen LogP contribution in [0, 0.1) is 32.1 Å². The molecule has 158 valence electrons. The molecule has 1 amide bonds. The van der Waals surface area contributed by atoms with E-state index in [0.717, 1.165) is 55.8 Å². The maximum absolute atomic E-state index is 13.0. The van der Waals surface area contributed by atoms with Crippen LogP contribution in [0.25, 0.3) is 0 Å². The molecule has 2 aliphatic rings. The van der Waals surface area contributed by atoms with Crippen LogP contribution in [0.15, 0.2) is 18.2 Å². The minimum absolute atomic E-state index is 0.0917. The van der Waals surface area contributed by atoms with Crippen molar-refractivity contribution in [2.45, 2.75) is 59.1 Å². The number of amides is 1. The van der Waals surface area contributed by atoms with Crippen molar-refractivity contribution in [2.24, 2.45) is 0 Å². The quantitative estimate of drug-likeness (QED) is 0.819. The molecule has 3 heterocycles. The van der Waals surface area contributed by atoms with Gasteiger partial charge in [0.05, 0.1) is 24.8 Å². The van der Waals surface area contributed by atoms with Gasteiger partial charge < -0.3 is 19.5 Å². The summed E-state index contributed by atoms with van der Waals surface area (Å²) in [4.78, 5) is 15.2. The lowest BCUT2D eigenvalue weighted by atomic mass is 9.99. The van der Waals surface area contributed by atoms with Gasteiger partial charge in [-0.05, 0) is 63.6 Å². The van der Waals surface area contributed by atoms with Crippen molar-refractivity contribution in [3.63, 3.8) is 0 Å². The Kier molecular flexibility index (Phi) is 5.83. The first-order valence-corrected chi connectivity index (χ1v) is 10.8. The first kappa shape index (κ1) is 20.5. The summed E-state index contributed by atoms with van der Waals surface area (Å²) in [7, 11) is 0. The van der Waals surface area contributed by atoms with Gasteiger partial charge in [-0.25, -0.2) is 0 Å². The Morgan fingerprint density at radius 1 is 1.30 bits per heavy atom. The van der Waals surface area contributed by atoms with Crippen molar-refractivity contribution >= 4 is 17.4 Å². The number of anilines is 2. The van der Waals surface area contributed by atoms with Gasteiger partial charge in [0.25, 0.3) is 0 Å². The first-order valence-electron chi connectivity index (χ1n) is 10.8. The number of nitrogens with zero attached hydrogens (tertiary/aromatic N) is 3. The van der Waals surface area contributed by atoms with Crippen molar-refractivity contribution in [3.8, 4) is 6.07 Å². The molecule has 0 spiro atoms. The number of hydrogen-bond donors (Lipinski definition) is 1. The molecule has 6 nitrogen and oxygen atoms in total. The largest absolute Gasteiger partial charge is 0.376 e. The van der Waals surface area contributed by atoms with Crippen LogP contribution in [0.3, 0.4) is 0 Å². The zero-order valence-corrected chi connectivity index (χ0v) is 18.1. The highest BCUT2D eigenvalue weighted by Gasteiger charge is 2.25. The van der Waals surface area contributed by atoms with Crippen molar-refractivity contribution in [3.05, 3.63) is 46.1 Å². The molecule has 6 heteroatoms. The number of aryl methyl sites for hydroxylation is 2. The summed E-state index contributed by atoms with van der Waals surface area (Å²) in [5.41, 5.74) is 6.18. The Morgan fingerprint density at radius 2 is 2.13 bits per heavy atom. The predicted molar refractivity (Wildman–Crippen MR) is 118 cm³/mol. The minimum atomic E-state index is -0.0917. The third-order valence-electron chi connectivity index (χ3n) is 6.39. The summed E-state index contributed by atoms with van der Waals surface area (Å²) < 4.78 is 7.85. The van der Waals surface area contributed by atoms with Gasteiger partial charge in [-0.1, -0.05) is 17.7 Å². The van der Waals surface area contributed by atoms with Gasteiger partial charge in [0.1, 0.15) is 11.9 Å². The molecule has 1 N–H and O–H groups in total. The monoisotopic (exact) mass is 406 g/mol. The number of nitriles is 1. The summed E-state index contributed by atoms with van der Waals surface area (Å²) >= 11 is 0. The molecule has 2 aromatic rings. The van der Waals surface area contributed by atoms with Crippen LogP contribution in [-0.4, -0.2) is 36.3 Å². The number of carbonyl (C=O) groups excluding carboxylic acids is 1. The molecule has 0 aliphatic carbocycles. The van der Waals surface area contributed by atoms with Crippen LogP contribution in [0.4, 0.5) is 11.5 Å². The molecule has 1 saturated heterocycles. The van der Waals surface area contributed by atoms with Crippen LogP contribution < -0.4 is 10.2 Å². The molecular formula is C24H30N4O2. The number of nitrogens with one attached hydrogen (secondary N) is 1. The van der Waals surface area contributed by atoms with E-state index in [1.54, 1.807) is 0 Å². The second kappa shape index (κ2) is 8.53. The van der Waals surface area contributed by atoms with Gasteiger partial charge in [-0.2, -0.15) is 5.26 Å². The summed E-state index contributed by atoms with van der Waals surface area (Å²) in [5.74, 6) is 0.514. The molecule has 0 radical (unpaired) electrons. The van der Waals surface area contributed by atoms with Gasteiger partial charge >= 0.3 is 0 Å². The van der Waals surface area contributed by atoms with Crippen LogP contribution in [0.5, 0.6) is 0 Å². The van der Waals surface area contributed by atoms with E-state index in [2.05, 4.69) is 46.0 Å². The molecule has 0 unspecified atom stereocenters. The fourth-order valence-corrected chi connectivity index (χ4v) is 4.66. The molecule has 1 aromatic heterocycles. The third kappa shape index (κ3) is 3.95. The first-order chi connectivity index (χ1) is 14.5. The summed E-state index contributed by atoms with van der Waals surface area (Å²) in [6.07, 6.45) is 4.30. The van der Waals surface area contributed by atoms with Crippen molar-refractivity contribution in [2.75, 3.05) is 29.9 Å². The fraction of sp³-hybridized carbons (Fsp3) is 0.500. The van der Waals surface area contributed by atoms with Crippen LogP contribution in [0.1, 0.15) is 47.2 Å². The van der Waals surface area contributed by atoms with Gasteiger partial charge in [0, 0.05) is 24.5 Å². The molecule has 1 atom stereocenters. The molecule has 4 rings (SSSR count). The van der Waals surface area contributed by atoms with Gasteiger partial charge in [-0.15, -0.1) is 0 Å². The maximum Gasteiger partial charge on any atom is 0.245 e. The topological polar surface area (TPSA) is 70.3 Å². The SMILES string of the molecule is Cc1ccc2c(c1)CCCN2CC(=O)Nc1c(C#N)c(C)c(C)n1C[C@H]1CCCO1. The Labute approximate surface area is 178 Å². The Bertz CT molecular complexity index is 996. The van der Waals surface area contributed by atoms with Gasteiger partial charge in [0.15, 0.2) is 0 Å². The molecule has 0 saturated carbocycles. The second-order valence-electron chi connectivity index (χ2n) is 8.50. The van der Waals surface area contributed by atoms with E-state index in [9.17, 15) is 10.1 Å². The second-order valence-corrected chi connectivity index (χ2v) is 8.50. The molecule has 2 aliphatic heterocycles. The summed E-state index contributed by atoms with van der Waals surface area (Å²) in [5, 5.41) is 12.8. The van der Waals surface area contributed by atoms with Gasteiger partial charge in [-0.3, -0.25) is 4.79 Å². The highest BCUT2D eigenvalue weighted by atomic mass is 16.5. The van der Waals surface area contributed by atoms with E-state index in [1.165, 1.54) is 11.1 Å². The fourth-order valence-electron chi connectivity index (χ4n) is 4.66. The Hall–Kier alpha value is -2.78. The van der Waals surface area contributed by atoms with Crippen molar-refractivity contribution in [1.29, 1.82) is 5.26 Å². The zero-order valence-electron chi connectivity index (χ0n) is 18.1. The number of hydrogen-bond acceptors (Lipinski definition) is 4. The van der Waals surface area contributed by atoms with Crippen LogP contribution >= 0.6 is 0 Å². The van der Waals surface area contributed by atoms with E-state index in [-0.39, 0.29) is 18.6 Å². The standard InChI is InChI=1S/C24H30N4O2/c1-16-8-9-22-19(12-16)6-4-10-27(22)15-23(29)26-24-21(13-25)17(2)18(3)28(24)14-20-7-5-11-30-20/h8-9,12,20H,4-7,10-11,14-15H2,1-3H3,(H,26,29)/t20-/m1/s1. The molecular weight excluding hydrogens is 376 g/mol. The van der Waals surface area contributed by atoms with E-state index in [1.807, 2.05) is 13.8 Å². The van der Waals surface area contributed by atoms with Crippen molar-refractivity contribution in [1.82, 2.24) is 4.57 Å². The number of fused-ring (bicyclic) bond motifs is 1. The molecule has 30 heavy (non-hydrogen) atoms.